The van der Waals surface area contributed by atoms with Gasteiger partial charge >= 0.3 is 0 Å². The van der Waals surface area contributed by atoms with Gasteiger partial charge in [-0.3, -0.25) is 4.79 Å². The average molecular weight is 272 g/mol. The van der Waals surface area contributed by atoms with Crippen LogP contribution in [0, 0.1) is 17.8 Å². The van der Waals surface area contributed by atoms with Crippen LogP contribution in [0.2, 0.25) is 0 Å². The van der Waals surface area contributed by atoms with Crippen molar-refractivity contribution in [2.75, 3.05) is 26.0 Å². The number of amides is 1. The van der Waals surface area contributed by atoms with Gasteiger partial charge in [0.25, 0.3) is 5.91 Å². The lowest BCUT2D eigenvalue weighted by Crippen LogP contribution is -2.33. The fraction of sp³-hybridized carbons (Fsp3) is 0.588. The molecule has 3 rings (SSSR count). The molecule has 0 saturated heterocycles. The van der Waals surface area contributed by atoms with Gasteiger partial charge in [0.1, 0.15) is 0 Å². The van der Waals surface area contributed by atoms with Gasteiger partial charge in [0.2, 0.25) is 0 Å². The van der Waals surface area contributed by atoms with Gasteiger partial charge in [0, 0.05) is 31.9 Å². The Bertz CT molecular complexity index is 482. The minimum absolute atomic E-state index is 0.149. The molecule has 1 N–H and O–H groups in total. The second kappa shape index (κ2) is 5.47. The van der Waals surface area contributed by atoms with Gasteiger partial charge in [-0.2, -0.15) is 0 Å². The van der Waals surface area contributed by atoms with Crippen molar-refractivity contribution in [1.29, 1.82) is 0 Å². The van der Waals surface area contributed by atoms with E-state index < -0.39 is 0 Å². The fourth-order valence-electron chi connectivity index (χ4n) is 4.03. The van der Waals surface area contributed by atoms with Crippen LogP contribution in [0.15, 0.2) is 24.3 Å². The molecule has 3 nitrogen and oxygen atoms in total. The summed E-state index contributed by atoms with van der Waals surface area (Å²) in [6, 6.07) is 7.73. The number of anilines is 1. The zero-order valence-electron chi connectivity index (χ0n) is 12.4. The molecule has 0 radical (unpaired) electrons. The van der Waals surface area contributed by atoms with Crippen molar-refractivity contribution in [3.63, 3.8) is 0 Å². The number of nitrogens with one attached hydrogen (secondary N) is 1. The highest BCUT2D eigenvalue weighted by atomic mass is 16.2. The summed E-state index contributed by atoms with van der Waals surface area (Å²) in [4.78, 5) is 14.4. The molecule has 0 heterocycles. The predicted molar refractivity (Wildman–Crippen MR) is 81.9 cm³/mol. The molecule has 3 unspecified atom stereocenters. The predicted octanol–water partition coefficient (Wildman–Crippen LogP) is 3.24. The van der Waals surface area contributed by atoms with Gasteiger partial charge in [0.05, 0.1) is 0 Å². The Kier molecular flexibility index (Phi) is 3.68. The number of hydrogen-bond acceptors (Lipinski definition) is 2. The van der Waals surface area contributed by atoms with Crippen LogP contribution >= 0.6 is 0 Å². The molecule has 0 aliphatic heterocycles. The van der Waals surface area contributed by atoms with Crippen LogP contribution in [0.3, 0.4) is 0 Å². The van der Waals surface area contributed by atoms with Gasteiger partial charge in [0.15, 0.2) is 0 Å². The smallest absolute Gasteiger partial charge is 0.253 e. The van der Waals surface area contributed by atoms with Gasteiger partial charge in [-0.15, -0.1) is 0 Å². The third kappa shape index (κ3) is 2.54. The van der Waals surface area contributed by atoms with E-state index in [1.54, 1.807) is 0 Å². The van der Waals surface area contributed by atoms with Crippen LogP contribution in [-0.2, 0) is 0 Å². The summed E-state index contributed by atoms with van der Waals surface area (Å²) in [5.41, 5.74) is 1.83. The maximum absolute atomic E-state index is 12.4. The highest BCUT2D eigenvalue weighted by Gasteiger charge is 2.40. The van der Waals surface area contributed by atoms with Crippen molar-refractivity contribution in [1.82, 2.24) is 4.90 Å². The lowest BCUT2D eigenvalue weighted by Gasteiger charge is -2.27. The lowest BCUT2D eigenvalue weighted by atomic mass is 9.88. The number of benzene rings is 1. The van der Waals surface area contributed by atoms with Crippen LogP contribution < -0.4 is 5.32 Å². The number of nitrogens with zero attached hydrogens (tertiary/aromatic N) is 1. The van der Waals surface area contributed by atoms with Crippen molar-refractivity contribution in [3.05, 3.63) is 29.8 Å². The lowest BCUT2D eigenvalue weighted by molar-refractivity contribution is 0.0754. The first-order valence-corrected chi connectivity index (χ1v) is 7.70. The second-order valence-electron chi connectivity index (χ2n) is 6.45. The molecule has 2 aliphatic rings. The summed E-state index contributed by atoms with van der Waals surface area (Å²) in [6.07, 6.45) is 5.54. The van der Waals surface area contributed by atoms with E-state index in [0.717, 1.165) is 35.5 Å². The molecule has 0 spiro atoms. The molecule has 2 aliphatic carbocycles. The van der Waals surface area contributed by atoms with Crippen molar-refractivity contribution in [3.8, 4) is 0 Å². The normalized spacial score (nSPS) is 27.6. The summed E-state index contributed by atoms with van der Waals surface area (Å²) < 4.78 is 0. The zero-order valence-corrected chi connectivity index (χ0v) is 12.4. The van der Waals surface area contributed by atoms with Gasteiger partial charge in [-0.05, 0) is 61.3 Å². The Morgan fingerprint density at radius 2 is 2.00 bits per heavy atom. The van der Waals surface area contributed by atoms with Crippen molar-refractivity contribution in [2.24, 2.45) is 17.8 Å². The number of hydrogen-bond donors (Lipinski definition) is 1. The highest BCUT2D eigenvalue weighted by Crippen LogP contribution is 2.48. The average Bonchev–Trinajstić information content (AvgIpc) is 3.09. The van der Waals surface area contributed by atoms with Gasteiger partial charge in [-0.25, -0.2) is 0 Å². The Morgan fingerprint density at radius 3 is 2.55 bits per heavy atom. The molecule has 108 valence electrons. The Hall–Kier alpha value is -1.51. The number of carbonyl (C=O) groups excluding carboxylic acids is 1. The van der Waals surface area contributed by atoms with E-state index in [-0.39, 0.29) is 5.91 Å². The van der Waals surface area contributed by atoms with E-state index in [4.69, 9.17) is 0 Å². The van der Waals surface area contributed by atoms with E-state index in [9.17, 15) is 4.79 Å². The quantitative estimate of drug-likeness (QED) is 0.912. The molecule has 2 fully saturated rings. The van der Waals surface area contributed by atoms with Crippen LogP contribution in [0.1, 0.15) is 36.0 Å². The third-order valence-electron chi connectivity index (χ3n) is 5.16. The maximum atomic E-state index is 12.4. The third-order valence-corrected chi connectivity index (χ3v) is 5.16. The Balaban J connectivity index is 1.61. The molecular formula is C17H24N2O. The Labute approximate surface area is 121 Å². The second-order valence-corrected chi connectivity index (χ2v) is 6.45. The minimum atomic E-state index is 0.149. The van der Waals surface area contributed by atoms with Crippen molar-refractivity contribution >= 4 is 11.6 Å². The molecular weight excluding hydrogens is 248 g/mol. The van der Waals surface area contributed by atoms with Crippen LogP contribution in [0.25, 0.3) is 0 Å². The van der Waals surface area contributed by atoms with Gasteiger partial charge in [-0.1, -0.05) is 6.42 Å². The highest BCUT2D eigenvalue weighted by molar-refractivity contribution is 5.94. The van der Waals surface area contributed by atoms with E-state index in [0.29, 0.717) is 0 Å². The summed E-state index contributed by atoms with van der Waals surface area (Å²) in [5.74, 6) is 2.71. The van der Waals surface area contributed by atoms with Crippen LogP contribution in [0.5, 0.6) is 0 Å². The monoisotopic (exact) mass is 272 g/mol. The van der Waals surface area contributed by atoms with Crippen molar-refractivity contribution in [2.45, 2.75) is 25.7 Å². The summed E-state index contributed by atoms with van der Waals surface area (Å²) in [5, 5.41) is 3.07. The molecule has 3 atom stereocenters. The molecule has 3 heteroatoms. The molecule has 2 bridgehead atoms. The first kappa shape index (κ1) is 13.5. The topological polar surface area (TPSA) is 32.3 Å². The van der Waals surface area contributed by atoms with E-state index in [1.807, 2.05) is 43.3 Å². The molecule has 1 aromatic rings. The van der Waals surface area contributed by atoms with E-state index >= 15 is 0 Å². The zero-order chi connectivity index (χ0) is 14.1. The molecule has 20 heavy (non-hydrogen) atoms. The SMILES string of the molecule is CNc1ccc(C(=O)N(C)CC2CC3CCC2C3)cc1. The molecule has 1 aromatic carbocycles. The van der Waals surface area contributed by atoms with E-state index in [2.05, 4.69) is 5.32 Å². The molecule has 0 aromatic heterocycles. The fourth-order valence-corrected chi connectivity index (χ4v) is 4.03. The molecule has 2 saturated carbocycles. The van der Waals surface area contributed by atoms with Crippen LogP contribution in [-0.4, -0.2) is 31.4 Å². The summed E-state index contributed by atoms with van der Waals surface area (Å²) >= 11 is 0. The van der Waals surface area contributed by atoms with E-state index in [1.165, 1.54) is 25.7 Å². The summed E-state index contributed by atoms with van der Waals surface area (Å²) in [6.45, 7) is 0.924. The number of rotatable bonds is 4. The standard InChI is InChI=1S/C17H24N2O/c1-18-16-7-5-13(6-8-16)17(20)19(2)11-15-10-12-3-4-14(15)9-12/h5-8,12,14-15,18H,3-4,9-11H2,1-2H3. The number of fused-ring (bicyclic) bond motifs is 2. The van der Waals surface area contributed by atoms with Crippen molar-refractivity contribution < 1.29 is 4.79 Å². The minimum Gasteiger partial charge on any atom is -0.388 e. The largest absolute Gasteiger partial charge is 0.388 e. The first-order chi connectivity index (χ1) is 9.67. The molecule has 1 amide bonds. The van der Waals surface area contributed by atoms with Crippen LogP contribution in [0.4, 0.5) is 5.69 Å². The first-order valence-electron chi connectivity index (χ1n) is 7.70. The number of carbonyl (C=O) groups is 1. The maximum Gasteiger partial charge on any atom is 0.253 e. The van der Waals surface area contributed by atoms with Gasteiger partial charge < -0.3 is 10.2 Å². The summed E-state index contributed by atoms with van der Waals surface area (Å²) in [7, 11) is 3.83. The Morgan fingerprint density at radius 1 is 1.25 bits per heavy atom.